The lowest BCUT2D eigenvalue weighted by molar-refractivity contribution is -0.114. The first-order valence-electron chi connectivity index (χ1n) is 8.33. The van der Waals surface area contributed by atoms with Crippen LogP contribution in [0.1, 0.15) is 12.7 Å². The second-order valence-corrected chi connectivity index (χ2v) is 6.75. The number of carbonyl (C=O) groups excluding carboxylic acids is 2. The van der Waals surface area contributed by atoms with E-state index in [1.807, 2.05) is 0 Å². The Morgan fingerprint density at radius 2 is 1.61 bits per heavy atom. The Kier molecular flexibility index (Phi) is 6.19. The van der Waals surface area contributed by atoms with Gasteiger partial charge in [-0.15, -0.1) is 0 Å². The van der Waals surface area contributed by atoms with E-state index in [4.69, 9.17) is 27.6 Å². The maximum Gasteiger partial charge on any atom is 0.248 e. The van der Waals surface area contributed by atoms with E-state index < -0.39 is 0 Å². The molecule has 0 saturated carbocycles. The number of furan rings is 1. The molecule has 0 spiro atoms. The van der Waals surface area contributed by atoms with E-state index in [2.05, 4.69) is 10.6 Å². The van der Waals surface area contributed by atoms with Crippen molar-refractivity contribution in [2.45, 2.75) is 6.92 Å². The minimum atomic E-state index is -0.314. The fraction of sp³-hybridized carbons (Fsp3) is 0.0476. The van der Waals surface area contributed by atoms with E-state index in [0.29, 0.717) is 38.5 Å². The van der Waals surface area contributed by atoms with Gasteiger partial charge in [-0.2, -0.15) is 0 Å². The molecule has 142 valence electrons. The summed E-state index contributed by atoms with van der Waals surface area (Å²) in [6.45, 7) is 1.43. The van der Waals surface area contributed by atoms with Gasteiger partial charge in [0.15, 0.2) is 0 Å². The molecule has 0 aliphatic heterocycles. The highest BCUT2D eigenvalue weighted by atomic mass is 35.5. The third kappa shape index (κ3) is 5.25. The second kappa shape index (κ2) is 8.78. The number of anilines is 2. The summed E-state index contributed by atoms with van der Waals surface area (Å²) in [6, 6.07) is 15.4. The third-order valence-electron chi connectivity index (χ3n) is 3.69. The summed E-state index contributed by atoms with van der Waals surface area (Å²) in [5, 5.41) is 6.46. The number of hydrogen-bond donors (Lipinski definition) is 2. The van der Waals surface area contributed by atoms with Crippen molar-refractivity contribution in [2.24, 2.45) is 0 Å². The van der Waals surface area contributed by atoms with Gasteiger partial charge in [-0.05, 0) is 60.7 Å². The van der Waals surface area contributed by atoms with Gasteiger partial charge in [0.05, 0.1) is 5.02 Å². The molecule has 0 bridgehead atoms. The number of hydrogen-bond acceptors (Lipinski definition) is 3. The molecule has 0 radical (unpaired) electrons. The van der Waals surface area contributed by atoms with Crippen LogP contribution >= 0.6 is 23.2 Å². The van der Waals surface area contributed by atoms with Crippen molar-refractivity contribution < 1.29 is 14.0 Å². The van der Waals surface area contributed by atoms with Crippen LogP contribution in [0.5, 0.6) is 0 Å². The zero-order chi connectivity index (χ0) is 20.1. The highest BCUT2D eigenvalue weighted by Gasteiger charge is 2.09. The molecule has 0 unspecified atom stereocenters. The fourth-order valence-electron chi connectivity index (χ4n) is 2.46. The Morgan fingerprint density at radius 3 is 2.29 bits per heavy atom. The lowest BCUT2D eigenvalue weighted by Gasteiger charge is -2.05. The predicted octanol–water partition coefficient (Wildman–Crippen LogP) is 5.86. The van der Waals surface area contributed by atoms with Gasteiger partial charge >= 0.3 is 0 Å². The molecule has 2 amide bonds. The molecule has 3 aromatic rings. The van der Waals surface area contributed by atoms with Crippen molar-refractivity contribution in [3.05, 3.63) is 76.5 Å². The van der Waals surface area contributed by atoms with Crippen molar-refractivity contribution in [2.75, 3.05) is 10.6 Å². The molecule has 7 heteroatoms. The van der Waals surface area contributed by atoms with E-state index >= 15 is 0 Å². The van der Waals surface area contributed by atoms with Crippen LogP contribution in [0.15, 0.2) is 65.1 Å². The monoisotopic (exact) mass is 414 g/mol. The quantitative estimate of drug-likeness (QED) is 0.513. The number of benzene rings is 2. The van der Waals surface area contributed by atoms with Crippen LogP contribution in [-0.4, -0.2) is 11.8 Å². The fourth-order valence-corrected chi connectivity index (χ4v) is 2.84. The van der Waals surface area contributed by atoms with Crippen molar-refractivity contribution in [3.63, 3.8) is 0 Å². The first-order valence-corrected chi connectivity index (χ1v) is 9.08. The van der Waals surface area contributed by atoms with E-state index in [9.17, 15) is 9.59 Å². The van der Waals surface area contributed by atoms with E-state index in [0.717, 1.165) is 0 Å². The van der Waals surface area contributed by atoms with Gasteiger partial charge in [-0.25, -0.2) is 0 Å². The Morgan fingerprint density at radius 1 is 0.929 bits per heavy atom. The summed E-state index contributed by atoms with van der Waals surface area (Å²) < 4.78 is 5.71. The lowest BCUT2D eigenvalue weighted by Crippen LogP contribution is -2.08. The zero-order valence-electron chi connectivity index (χ0n) is 14.8. The Bertz CT molecular complexity index is 1040. The molecule has 1 aromatic heterocycles. The minimum absolute atomic E-state index is 0.156. The lowest BCUT2D eigenvalue weighted by atomic mass is 10.2. The molecular weight excluding hydrogens is 399 g/mol. The van der Waals surface area contributed by atoms with Gasteiger partial charge < -0.3 is 15.1 Å². The van der Waals surface area contributed by atoms with Crippen LogP contribution < -0.4 is 10.6 Å². The van der Waals surface area contributed by atoms with E-state index in [-0.39, 0.29) is 11.8 Å². The summed E-state index contributed by atoms with van der Waals surface area (Å²) in [5.41, 5.74) is 1.94. The van der Waals surface area contributed by atoms with Crippen molar-refractivity contribution in [3.8, 4) is 11.3 Å². The number of nitrogens with one attached hydrogen (secondary N) is 2. The van der Waals surface area contributed by atoms with Gasteiger partial charge in [-0.1, -0.05) is 23.2 Å². The van der Waals surface area contributed by atoms with Gasteiger partial charge in [0, 0.05) is 35.0 Å². The van der Waals surface area contributed by atoms with Gasteiger partial charge in [0.25, 0.3) is 0 Å². The SMILES string of the molecule is CC(=O)Nc1ccc(NC(=O)/C=C/c2ccc(-c3cc(Cl)ccc3Cl)o2)cc1. The molecule has 3 rings (SSSR count). The van der Waals surface area contributed by atoms with Gasteiger partial charge in [-0.3, -0.25) is 9.59 Å². The predicted molar refractivity (Wildman–Crippen MR) is 113 cm³/mol. The van der Waals surface area contributed by atoms with Crippen molar-refractivity contribution in [1.29, 1.82) is 0 Å². The average Bonchev–Trinajstić information content (AvgIpc) is 3.12. The summed E-state index contributed by atoms with van der Waals surface area (Å²) in [6.07, 6.45) is 2.92. The maximum absolute atomic E-state index is 12.1. The smallest absolute Gasteiger partial charge is 0.248 e. The maximum atomic E-state index is 12.1. The first-order chi connectivity index (χ1) is 13.4. The van der Waals surface area contributed by atoms with Crippen LogP contribution in [0, 0.1) is 0 Å². The first kappa shape index (κ1) is 19.7. The molecule has 2 aromatic carbocycles. The average molecular weight is 415 g/mol. The number of halogens is 2. The molecule has 0 aliphatic rings. The molecule has 0 fully saturated rings. The molecule has 5 nitrogen and oxygen atoms in total. The molecule has 28 heavy (non-hydrogen) atoms. The van der Waals surface area contributed by atoms with E-state index in [1.54, 1.807) is 60.7 Å². The summed E-state index contributed by atoms with van der Waals surface area (Å²) in [4.78, 5) is 23.1. The zero-order valence-corrected chi connectivity index (χ0v) is 16.3. The largest absolute Gasteiger partial charge is 0.457 e. The normalized spacial score (nSPS) is 10.8. The van der Waals surface area contributed by atoms with Crippen LogP contribution in [0.3, 0.4) is 0 Å². The molecular formula is C21H16Cl2N2O3. The standard InChI is InChI=1S/C21H16Cl2N2O3/c1-13(26)24-15-3-5-16(6-4-15)25-21(27)11-8-17-7-10-20(28-17)18-12-14(22)2-9-19(18)23/h2-12H,1H3,(H,24,26)(H,25,27)/b11-8+. The Labute approximate surface area is 172 Å². The van der Waals surface area contributed by atoms with Crippen LogP contribution in [-0.2, 0) is 9.59 Å². The topological polar surface area (TPSA) is 71.3 Å². The van der Waals surface area contributed by atoms with Gasteiger partial charge in [0.2, 0.25) is 11.8 Å². The van der Waals surface area contributed by atoms with Crippen LogP contribution in [0.25, 0.3) is 17.4 Å². The molecule has 0 saturated heterocycles. The van der Waals surface area contributed by atoms with Crippen molar-refractivity contribution in [1.82, 2.24) is 0 Å². The van der Waals surface area contributed by atoms with Crippen molar-refractivity contribution >= 4 is 52.5 Å². The highest BCUT2D eigenvalue weighted by molar-refractivity contribution is 6.35. The Hall–Kier alpha value is -3.02. The third-order valence-corrected chi connectivity index (χ3v) is 4.26. The highest BCUT2D eigenvalue weighted by Crippen LogP contribution is 2.32. The Balaban J connectivity index is 1.64. The van der Waals surface area contributed by atoms with Crippen LogP contribution in [0.4, 0.5) is 11.4 Å². The van der Waals surface area contributed by atoms with Crippen LogP contribution in [0.2, 0.25) is 10.0 Å². The van der Waals surface area contributed by atoms with E-state index in [1.165, 1.54) is 13.0 Å². The minimum Gasteiger partial charge on any atom is -0.457 e. The molecule has 1 heterocycles. The number of carbonyl (C=O) groups is 2. The second-order valence-electron chi connectivity index (χ2n) is 5.91. The number of amides is 2. The van der Waals surface area contributed by atoms with Gasteiger partial charge in [0.1, 0.15) is 11.5 Å². The summed E-state index contributed by atoms with van der Waals surface area (Å²) >= 11 is 12.2. The molecule has 2 N–H and O–H groups in total. The molecule has 0 atom stereocenters. The molecule has 0 aliphatic carbocycles. The summed E-state index contributed by atoms with van der Waals surface area (Å²) in [5.74, 6) is 0.589. The number of rotatable bonds is 5. The summed E-state index contributed by atoms with van der Waals surface area (Å²) in [7, 11) is 0.